The highest BCUT2D eigenvalue weighted by molar-refractivity contribution is 7.09. The van der Waals surface area contributed by atoms with Crippen molar-refractivity contribution in [2.75, 3.05) is 25.0 Å². The lowest BCUT2D eigenvalue weighted by atomic mass is 10.2. The first-order valence-electron chi connectivity index (χ1n) is 9.00. The second-order valence-electron chi connectivity index (χ2n) is 6.64. The number of ether oxygens (including phenoxy) is 2. The van der Waals surface area contributed by atoms with E-state index in [-0.39, 0.29) is 24.3 Å². The molecular weight excluding hydrogens is 393 g/mol. The summed E-state index contributed by atoms with van der Waals surface area (Å²) in [5.41, 5.74) is 0.423. The van der Waals surface area contributed by atoms with Gasteiger partial charge in [0.15, 0.2) is 6.54 Å². The molecule has 2 atom stereocenters. The first-order chi connectivity index (χ1) is 13.4. The third kappa shape index (κ3) is 6.81. The summed E-state index contributed by atoms with van der Waals surface area (Å²) >= 11 is 1.65. The highest BCUT2D eigenvalue weighted by atomic mass is 32.1. The van der Waals surface area contributed by atoms with Crippen molar-refractivity contribution in [2.45, 2.75) is 31.9 Å². The van der Waals surface area contributed by atoms with Gasteiger partial charge in [0.2, 0.25) is 0 Å². The van der Waals surface area contributed by atoms with Crippen LogP contribution < -0.4 is 15.0 Å². The van der Waals surface area contributed by atoms with Gasteiger partial charge in [-0.3, -0.25) is 4.79 Å². The number of alkyl halides is 3. The molecule has 28 heavy (non-hydrogen) atoms. The van der Waals surface area contributed by atoms with E-state index in [1.165, 1.54) is 29.1 Å². The van der Waals surface area contributed by atoms with Crippen LogP contribution in [0.4, 0.5) is 18.9 Å². The number of anilines is 1. The lowest BCUT2D eigenvalue weighted by molar-refractivity contribution is -0.908. The van der Waals surface area contributed by atoms with Gasteiger partial charge >= 0.3 is 6.36 Å². The van der Waals surface area contributed by atoms with Crippen LogP contribution in [0.3, 0.4) is 0 Å². The molecular formula is C19H22F3N2O3S+. The fourth-order valence-corrected chi connectivity index (χ4v) is 3.94. The van der Waals surface area contributed by atoms with Crippen LogP contribution in [0.1, 0.15) is 17.7 Å². The van der Waals surface area contributed by atoms with Crippen LogP contribution in [-0.4, -0.2) is 38.1 Å². The van der Waals surface area contributed by atoms with E-state index < -0.39 is 6.36 Å². The van der Waals surface area contributed by atoms with Crippen LogP contribution in [0, 0.1) is 0 Å². The molecule has 0 bridgehead atoms. The lowest BCUT2D eigenvalue weighted by Crippen LogP contribution is -3.12. The Hall–Kier alpha value is -2.10. The summed E-state index contributed by atoms with van der Waals surface area (Å²) < 4.78 is 46.2. The van der Waals surface area contributed by atoms with Gasteiger partial charge in [0.05, 0.1) is 4.88 Å². The van der Waals surface area contributed by atoms with Gasteiger partial charge in [0.25, 0.3) is 5.91 Å². The molecule has 1 aliphatic rings. The normalized spacial score (nSPS) is 18.0. The zero-order valence-electron chi connectivity index (χ0n) is 15.1. The van der Waals surface area contributed by atoms with Crippen molar-refractivity contribution in [1.29, 1.82) is 0 Å². The SMILES string of the molecule is O=C(C[NH+](Cc1cccs1)C[C@H]1CCCO1)Nc1ccc(OC(F)(F)F)cc1. The molecule has 0 aliphatic carbocycles. The predicted molar refractivity (Wildman–Crippen MR) is 99.4 cm³/mol. The van der Waals surface area contributed by atoms with E-state index in [0.29, 0.717) is 5.69 Å². The Morgan fingerprint density at radius 1 is 1.29 bits per heavy atom. The molecule has 9 heteroatoms. The van der Waals surface area contributed by atoms with E-state index >= 15 is 0 Å². The van der Waals surface area contributed by atoms with Crippen molar-refractivity contribution >= 4 is 22.9 Å². The third-order valence-electron chi connectivity index (χ3n) is 4.33. The van der Waals surface area contributed by atoms with Crippen molar-refractivity contribution in [2.24, 2.45) is 0 Å². The van der Waals surface area contributed by atoms with E-state index in [4.69, 9.17) is 4.74 Å². The number of hydrogen-bond acceptors (Lipinski definition) is 4. The molecule has 0 radical (unpaired) electrons. The van der Waals surface area contributed by atoms with E-state index in [9.17, 15) is 18.0 Å². The molecule has 0 spiro atoms. The van der Waals surface area contributed by atoms with Crippen LogP contribution in [0.15, 0.2) is 41.8 Å². The average molecular weight is 415 g/mol. The second-order valence-corrected chi connectivity index (χ2v) is 7.67. The number of carbonyl (C=O) groups is 1. The van der Waals surface area contributed by atoms with Crippen molar-refractivity contribution < 1.29 is 32.3 Å². The van der Waals surface area contributed by atoms with Crippen LogP contribution in [0.5, 0.6) is 5.75 Å². The summed E-state index contributed by atoms with van der Waals surface area (Å²) in [5.74, 6) is -0.525. The Kier molecular flexibility index (Phi) is 6.93. The monoisotopic (exact) mass is 415 g/mol. The third-order valence-corrected chi connectivity index (χ3v) is 5.20. The summed E-state index contributed by atoms with van der Waals surface area (Å²) in [7, 11) is 0. The fourth-order valence-electron chi connectivity index (χ4n) is 3.17. The van der Waals surface area contributed by atoms with Crippen LogP contribution >= 0.6 is 11.3 Å². The Bertz CT molecular complexity index is 745. The standard InChI is InChI=1S/C19H21F3N2O3S/c20-19(21,22)27-15-7-5-14(6-8-15)23-18(25)13-24(11-16-3-1-9-26-16)12-17-4-2-10-28-17/h2,4-8,10,16H,1,3,9,11-13H2,(H,23,25)/p+1/t16-/m1/s1. The quantitative estimate of drug-likeness (QED) is 0.697. The number of quaternary nitrogens is 1. The summed E-state index contributed by atoms with van der Waals surface area (Å²) in [6.45, 7) is 2.47. The predicted octanol–water partition coefficient (Wildman–Crippen LogP) is 2.85. The van der Waals surface area contributed by atoms with Gasteiger partial charge in [0.1, 0.15) is 24.9 Å². The molecule has 1 saturated heterocycles. The first kappa shape index (κ1) is 20.6. The molecule has 2 N–H and O–H groups in total. The van der Waals surface area contributed by atoms with Gasteiger partial charge in [-0.05, 0) is 48.6 Å². The maximum atomic E-state index is 12.5. The number of nitrogens with one attached hydrogen (secondary N) is 2. The molecule has 152 valence electrons. The molecule has 0 saturated carbocycles. The van der Waals surface area contributed by atoms with Gasteiger partial charge in [-0.1, -0.05) is 6.07 Å². The van der Waals surface area contributed by atoms with Crippen molar-refractivity contribution in [1.82, 2.24) is 0 Å². The lowest BCUT2D eigenvalue weighted by Gasteiger charge is -2.21. The number of benzene rings is 1. The first-order valence-corrected chi connectivity index (χ1v) is 9.88. The molecule has 1 fully saturated rings. The van der Waals surface area contributed by atoms with E-state index in [2.05, 4.69) is 10.1 Å². The van der Waals surface area contributed by atoms with E-state index in [1.807, 2.05) is 17.5 Å². The smallest absolute Gasteiger partial charge is 0.406 e. The van der Waals surface area contributed by atoms with Crippen LogP contribution in [0.2, 0.25) is 0 Å². The molecule has 1 unspecified atom stereocenters. The number of thiophene rings is 1. The maximum absolute atomic E-state index is 12.5. The maximum Gasteiger partial charge on any atom is 0.573 e. The van der Waals surface area contributed by atoms with E-state index in [1.54, 1.807) is 11.3 Å². The minimum absolute atomic E-state index is 0.154. The zero-order valence-corrected chi connectivity index (χ0v) is 15.9. The summed E-state index contributed by atoms with van der Waals surface area (Å²) in [5, 5.41) is 4.74. The Morgan fingerprint density at radius 2 is 2.07 bits per heavy atom. The Morgan fingerprint density at radius 3 is 2.68 bits per heavy atom. The van der Waals surface area contributed by atoms with Crippen LogP contribution in [-0.2, 0) is 16.1 Å². The number of rotatable bonds is 8. The molecule has 1 aromatic heterocycles. The van der Waals surface area contributed by atoms with Crippen molar-refractivity contribution in [3.8, 4) is 5.75 Å². The van der Waals surface area contributed by atoms with Gasteiger partial charge in [-0.15, -0.1) is 24.5 Å². The van der Waals surface area contributed by atoms with Crippen molar-refractivity contribution in [3.63, 3.8) is 0 Å². The van der Waals surface area contributed by atoms with E-state index in [0.717, 1.165) is 37.4 Å². The van der Waals surface area contributed by atoms with Crippen molar-refractivity contribution in [3.05, 3.63) is 46.7 Å². The highest BCUT2D eigenvalue weighted by Crippen LogP contribution is 2.23. The topological polar surface area (TPSA) is 52.0 Å². The number of carbonyl (C=O) groups excluding carboxylic acids is 1. The molecule has 1 aromatic carbocycles. The minimum atomic E-state index is -4.74. The molecule has 3 rings (SSSR count). The Balaban J connectivity index is 1.56. The van der Waals surface area contributed by atoms with Crippen LogP contribution in [0.25, 0.3) is 0 Å². The van der Waals surface area contributed by atoms with Gasteiger partial charge in [0, 0.05) is 12.3 Å². The molecule has 1 amide bonds. The average Bonchev–Trinajstić information content (AvgIpc) is 3.29. The Labute approximate surface area is 165 Å². The summed E-state index contributed by atoms with van der Waals surface area (Å²) in [4.78, 5) is 14.7. The summed E-state index contributed by atoms with van der Waals surface area (Å²) in [6, 6.07) is 9.14. The molecule has 2 heterocycles. The van der Waals surface area contributed by atoms with Gasteiger partial charge in [-0.25, -0.2) is 0 Å². The highest BCUT2D eigenvalue weighted by Gasteiger charge is 2.31. The summed E-state index contributed by atoms with van der Waals surface area (Å²) in [6.07, 6.45) is -2.55. The fraction of sp³-hybridized carbons (Fsp3) is 0.421. The number of amides is 1. The molecule has 5 nitrogen and oxygen atoms in total. The number of hydrogen-bond donors (Lipinski definition) is 2. The number of halogens is 3. The molecule has 1 aliphatic heterocycles. The molecule has 2 aromatic rings. The zero-order chi connectivity index (χ0) is 20.0. The van der Waals surface area contributed by atoms with Gasteiger partial charge in [-0.2, -0.15) is 0 Å². The van der Waals surface area contributed by atoms with Gasteiger partial charge < -0.3 is 19.7 Å². The minimum Gasteiger partial charge on any atom is -0.406 e. The largest absolute Gasteiger partial charge is 0.573 e. The second kappa shape index (κ2) is 9.40.